The second-order valence-corrected chi connectivity index (χ2v) is 5.06. The first-order chi connectivity index (χ1) is 9.15. The van der Waals surface area contributed by atoms with Crippen LogP contribution in [0.2, 0.25) is 0 Å². The summed E-state index contributed by atoms with van der Waals surface area (Å²) in [6.07, 6.45) is 0. The van der Waals surface area contributed by atoms with E-state index in [0.717, 1.165) is 19.6 Å². The van der Waals surface area contributed by atoms with Gasteiger partial charge in [-0.1, -0.05) is 12.1 Å². The summed E-state index contributed by atoms with van der Waals surface area (Å²) in [5.74, 6) is 0.0376. The molecule has 1 aromatic carbocycles. The smallest absolute Gasteiger partial charge is 0.169 e. The second kappa shape index (κ2) is 6.32. The molecule has 0 saturated carbocycles. The maximum atomic E-state index is 14.1. The minimum atomic E-state index is -0.264. The third-order valence-electron chi connectivity index (χ3n) is 3.72. The van der Waals surface area contributed by atoms with Gasteiger partial charge in [0.25, 0.3) is 0 Å². The first kappa shape index (κ1) is 14.2. The highest BCUT2D eigenvalue weighted by atomic mass is 19.1. The highest BCUT2D eigenvalue weighted by Gasteiger charge is 2.25. The van der Waals surface area contributed by atoms with Crippen LogP contribution in [0.5, 0.6) is 5.75 Å². The molecule has 1 aliphatic heterocycles. The number of piperazine rings is 1. The first-order valence-corrected chi connectivity index (χ1v) is 6.59. The Morgan fingerprint density at radius 1 is 1.42 bits per heavy atom. The number of nitrogens with two attached hydrogens (primary N) is 1. The van der Waals surface area contributed by atoms with E-state index in [1.807, 2.05) is 12.1 Å². The van der Waals surface area contributed by atoms with E-state index >= 15 is 0 Å². The van der Waals surface area contributed by atoms with Crippen molar-refractivity contribution in [1.82, 2.24) is 9.80 Å². The van der Waals surface area contributed by atoms with E-state index in [0.29, 0.717) is 24.4 Å². The molecule has 0 amide bonds. The Kier molecular flexibility index (Phi) is 4.74. The fraction of sp³-hybridized carbons (Fsp3) is 0.571. The normalized spacial score (nSPS) is 21.6. The molecule has 0 aromatic heterocycles. The van der Waals surface area contributed by atoms with Crippen LogP contribution in [0.25, 0.3) is 0 Å². The van der Waals surface area contributed by atoms with Crippen molar-refractivity contribution < 1.29 is 9.13 Å². The monoisotopic (exact) mass is 267 g/mol. The molecule has 1 heterocycles. The average Bonchev–Trinajstić information content (AvgIpc) is 2.42. The Hall–Kier alpha value is -1.17. The Morgan fingerprint density at radius 2 is 2.21 bits per heavy atom. The molecule has 0 spiro atoms. The van der Waals surface area contributed by atoms with E-state index in [2.05, 4.69) is 16.8 Å². The van der Waals surface area contributed by atoms with Gasteiger partial charge in [0.05, 0.1) is 7.11 Å². The molecule has 0 aliphatic carbocycles. The molecule has 1 fully saturated rings. The molecular weight excluding hydrogens is 245 g/mol. The van der Waals surface area contributed by atoms with Crippen LogP contribution in [-0.4, -0.2) is 56.2 Å². The molecule has 0 bridgehead atoms. The summed E-state index contributed by atoms with van der Waals surface area (Å²) in [6, 6.07) is 5.56. The van der Waals surface area contributed by atoms with E-state index in [-0.39, 0.29) is 11.9 Å². The standard InChI is InChI=1S/C14H22FN3O/c1-17-6-7-18(12(8-16)10-17)9-11-4-3-5-13(19-2)14(11)15/h3-5,12H,6-10,16H2,1-2H3. The predicted molar refractivity (Wildman–Crippen MR) is 73.7 cm³/mol. The SMILES string of the molecule is COc1cccc(CN2CCN(C)CC2CN)c1F. The van der Waals surface area contributed by atoms with Crippen LogP contribution in [0.15, 0.2) is 18.2 Å². The molecule has 1 atom stereocenters. The minimum Gasteiger partial charge on any atom is -0.494 e. The lowest BCUT2D eigenvalue weighted by atomic mass is 10.1. The van der Waals surface area contributed by atoms with Gasteiger partial charge in [-0.05, 0) is 13.1 Å². The molecule has 1 aromatic rings. The second-order valence-electron chi connectivity index (χ2n) is 5.06. The lowest BCUT2D eigenvalue weighted by Crippen LogP contribution is -2.54. The van der Waals surface area contributed by atoms with E-state index in [9.17, 15) is 4.39 Å². The van der Waals surface area contributed by atoms with Crippen molar-refractivity contribution in [2.24, 2.45) is 5.73 Å². The third-order valence-corrected chi connectivity index (χ3v) is 3.72. The van der Waals surface area contributed by atoms with Gasteiger partial charge in [0.15, 0.2) is 11.6 Å². The van der Waals surface area contributed by atoms with Crippen molar-refractivity contribution in [1.29, 1.82) is 0 Å². The number of methoxy groups -OCH3 is 1. The molecule has 2 rings (SSSR count). The number of nitrogens with zero attached hydrogens (tertiary/aromatic N) is 2. The van der Waals surface area contributed by atoms with Gasteiger partial charge >= 0.3 is 0 Å². The van der Waals surface area contributed by atoms with E-state index in [1.54, 1.807) is 6.07 Å². The van der Waals surface area contributed by atoms with Gasteiger partial charge in [0.1, 0.15) is 0 Å². The molecule has 5 heteroatoms. The summed E-state index contributed by atoms with van der Waals surface area (Å²) in [7, 11) is 3.58. The highest BCUT2D eigenvalue weighted by Crippen LogP contribution is 2.22. The van der Waals surface area contributed by atoms with E-state index < -0.39 is 0 Å². The number of halogens is 1. The number of hydrogen-bond acceptors (Lipinski definition) is 4. The van der Waals surface area contributed by atoms with Crippen LogP contribution in [0.3, 0.4) is 0 Å². The molecular formula is C14H22FN3O. The van der Waals surface area contributed by atoms with Gasteiger partial charge in [0.2, 0.25) is 0 Å². The zero-order valence-corrected chi connectivity index (χ0v) is 11.6. The molecule has 19 heavy (non-hydrogen) atoms. The number of hydrogen-bond donors (Lipinski definition) is 1. The summed E-state index contributed by atoms with van der Waals surface area (Å²) in [5.41, 5.74) is 6.49. The molecule has 2 N–H and O–H groups in total. The Morgan fingerprint density at radius 3 is 2.89 bits per heavy atom. The van der Waals surface area contributed by atoms with Crippen molar-refractivity contribution in [2.75, 3.05) is 40.3 Å². The Labute approximate surface area is 113 Å². The van der Waals surface area contributed by atoms with Crippen molar-refractivity contribution in [3.63, 3.8) is 0 Å². The molecule has 1 aliphatic rings. The van der Waals surface area contributed by atoms with Crippen LogP contribution in [0.1, 0.15) is 5.56 Å². The van der Waals surface area contributed by atoms with Crippen LogP contribution >= 0.6 is 0 Å². The van der Waals surface area contributed by atoms with Gasteiger partial charge in [-0.25, -0.2) is 4.39 Å². The largest absolute Gasteiger partial charge is 0.494 e. The summed E-state index contributed by atoms with van der Waals surface area (Å²) in [6.45, 7) is 4.01. The highest BCUT2D eigenvalue weighted by molar-refractivity contribution is 5.31. The van der Waals surface area contributed by atoms with Crippen molar-refractivity contribution in [2.45, 2.75) is 12.6 Å². The van der Waals surface area contributed by atoms with Crippen LogP contribution in [0, 0.1) is 5.82 Å². The van der Waals surface area contributed by atoms with Gasteiger partial charge in [-0.2, -0.15) is 0 Å². The Bertz CT molecular complexity index is 427. The molecule has 0 radical (unpaired) electrons. The molecule has 1 saturated heterocycles. The fourth-order valence-electron chi connectivity index (χ4n) is 2.53. The van der Waals surface area contributed by atoms with Crippen LogP contribution < -0.4 is 10.5 Å². The lowest BCUT2D eigenvalue weighted by molar-refractivity contribution is 0.0870. The third kappa shape index (κ3) is 3.23. The van der Waals surface area contributed by atoms with E-state index in [4.69, 9.17) is 10.5 Å². The molecule has 106 valence electrons. The van der Waals surface area contributed by atoms with Crippen molar-refractivity contribution >= 4 is 0 Å². The zero-order chi connectivity index (χ0) is 13.8. The number of benzene rings is 1. The van der Waals surface area contributed by atoms with Crippen LogP contribution in [-0.2, 0) is 6.54 Å². The number of likely N-dealkylation sites (N-methyl/N-ethyl adjacent to an activating group) is 1. The molecule has 4 nitrogen and oxygen atoms in total. The summed E-state index contributed by atoms with van der Waals surface area (Å²) < 4.78 is 19.2. The topological polar surface area (TPSA) is 41.7 Å². The summed E-state index contributed by atoms with van der Waals surface area (Å²) in [5, 5.41) is 0. The van der Waals surface area contributed by atoms with E-state index in [1.165, 1.54) is 7.11 Å². The van der Waals surface area contributed by atoms with Crippen molar-refractivity contribution in [3.05, 3.63) is 29.6 Å². The van der Waals surface area contributed by atoms with Gasteiger partial charge in [0, 0.05) is 44.3 Å². The average molecular weight is 267 g/mol. The van der Waals surface area contributed by atoms with Crippen molar-refractivity contribution in [3.8, 4) is 5.75 Å². The first-order valence-electron chi connectivity index (χ1n) is 6.59. The summed E-state index contributed by atoms with van der Waals surface area (Å²) >= 11 is 0. The predicted octanol–water partition coefficient (Wildman–Crippen LogP) is 0.909. The quantitative estimate of drug-likeness (QED) is 0.880. The summed E-state index contributed by atoms with van der Waals surface area (Å²) in [4.78, 5) is 4.51. The minimum absolute atomic E-state index is 0.264. The number of rotatable bonds is 4. The zero-order valence-electron chi connectivity index (χ0n) is 11.6. The van der Waals surface area contributed by atoms with Gasteiger partial charge in [-0.3, -0.25) is 4.90 Å². The maximum Gasteiger partial charge on any atom is 0.169 e. The Balaban J connectivity index is 2.12. The number of ether oxygens (including phenoxy) is 1. The fourth-order valence-corrected chi connectivity index (χ4v) is 2.53. The van der Waals surface area contributed by atoms with Crippen LogP contribution in [0.4, 0.5) is 4.39 Å². The van der Waals surface area contributed by atoms with Gasteiger partial charge in [-0.15, -0.1) is 0 Å². The lowest BCUT2D eigenvalue weighted by Gasteiger charge is -2.39. The van der Waals surface area contributed by atoms with Gasteiger partial charge < -0.3 is 15.4 Å². The molecule has 1 unspecified atom stereocenters. The maximum absolute atomic E-state index is 14.1.